The quantitative estimate of drug-likeness (QED) is 0.742. The molecule has 0 aromatic carbocycles. The fourth-order valence-electron chi connectivity index (χ4n) is 1.73. The minimum Gasteiger partial charge on any atom is -0.396 e. The highest BCUT2D eigenvalue weighted by Crippen LogP contribution is 2.08. The van der Waals surface area contributed by atoms with Gasteiger partial charge < -0.3 is 11.1 Å². The second kappa shape index (κ2) is 6.03. The van der Waals surface area contributed by atoms with E-state index in [1.807, 2.05) is 23.9 Å². The van der Waals surface area contributed by atoms with E-state index in [2.05, 4.69) is 15.5 Å². The van der Waals surface area contributed by atoms with E-state index >= 15 is 0 Å². The zero-order valence-corrected chi connectivity index (χ0v) is 10.9. The molecule has 2 aromatic rings. The number of hydrogen-bond donors (Lipinski definition) is 2. The number of aromatic nitrogens is 4. The van der Waals surface area contributed by atoms with Gasteiger partial charge in [-0.15, -0.1) is 0 Å². The van der Waals surface area contributed by atoms with Gasteiger partial charge in [-0.3, -0.25) is 14.2 Å². The summed E-state index contributed by atoms with van der Waals surface area (Å²) in [6.45, 7) is 3.97. The third-order valence-corrected chi connectivity index (χ3v) is 2.74. The van der Waals surface area contributed by atoms with E-state index in [0.29, 0.717) is 24.5 Å². The lowest BCUT2D eigenvalue weighted by molar-refractivity contribution is 0.0947. The summed E-state index contributed by atoms with van der Waals surface area (Å²) in [7, 11) is 0. The highest BCUT2D eigenvalue weighted by molar-refractivity contribution is 5.96. The number of carbonyl (C=O) groups is 1. The molecule has 0 unspecified atom stereocenters. The van der Waals surface area contributed by atoms with Crippen LogP contribution in [0.2, 0.25) is 0 Å². The van der Waals surface area contributed by atoms with Crippen LogP contribution in [-0.4, -0.2) is 32.0 Å². The van der Waals surface area contributed by atoms with Crippen molar-refractivity contribution in [1.29, 1.82) is 0 Å². The maximum atomic E-state index is 11.9. The Kier molecular flexibility index (Phi) is 4.17. The van der Waals surface area contributed by atoms with Gasteiger partial charge in [-0.05, 0) is 19.4 Å². The van der Waals surface area contributed by atoms with Gasteiger partial charge in [-0.1, -0.05) is 0 Å². The second-order valence-electron chi connectivity index (χ2n) is 4.17. The van der Waals surface area contributed by atoms with E-state index in [1.165, 1.54) is 0 Å². The first-order valence-corrected chi connectivity index (χ1v) is 6.29. The van der Waals surface area contributed by atoms with Crippen molar-refractivity contribution in [3.63, 3.8) is 0 Å². The Bertz CT molecular complexity index is 530. The lowest BCUT2D eigenvalue weighted by atomic mass is 10.3. The van der Waals surface area contributed by atoms with Gasteiger partial charge in [0.05, 0.1) is 5.69 Å². The maximum Gasteiger partial charge on any atom is 0.273 e. The molecule has 2 aromatic heterocycles. The van der Waals surface area contributed by atoms with Crippen molar-refractivity contribution < 1.29 is 4.79 Å². The SMILES string of the molecule is CCn1cc(N)c(C(=O)NCCCn2cccn2)n1. The summed E-state index contributed by atoms with van der Waals surface area (Å²) in [6.07, 6.45) is 6.10. The minimum atomic E-state index is -0.231. The van der Waals surface area contributed by atoms with Gasteiger partial charge in [-0.2, -0.15) is 10.2 Å². The molecule has 0 fully saturated rings. The number of nitrogens with one attached hydrogen (secondary N) is 1. The Labute approximate surface area is 111 Å². The smallest absolute Gasteiger partial charge is 0.273 e. The standard InChI is InChI=1S/C12H18N6O/c1-2-17-9-10(13)11(16-17)12(19)14-5-3-7-18-8-4-6-15-18/h4,6,8-9H,2-3,5,7,13H2,1H3,(H,14,19). The third-order valence-electron chi connectivity index (χ3n) is 2.74. The normalized spacial score (nSPS) is 10.6. The number of nitrogen functional groups attached to an aromatic ring is 1. The van der Waals surface area contributed by atoms with Crippen LogP contribution in [-0.2, 0) is 13.1 Å². The summed E-state index contributed by atoms with van der Waals surface area (Å²) < 4.78 is 3.47. The molecule has 0 spiro atoms. The lowest BCUT2D eigenvalue weighted by Crippen LogP contribution is -2.26. The van der Waals surface area contributed by atoms with Crippen molar-refractivity contribution in [1.82, 2.24) is 24.9 Å². The van der Waals surface area contributed by atoms with Crippen molar-refractivity contribution in [3.05, 3.63) is 30.4 Å². The van der Waals surface area contributed by atoms with Crippen LogP contribution in [0.15, 0.2) is 24.7 Å². The van der Waals surface area contributed by atoms with Crippen molar-refractivity contribution in [2.45, 2.75) is 26.4 Å². The van der Waals surface area contributed by atoms with Crippen molar-refractivity contribution in [2.75, 3.05) is 12.3 Å². The molecule has 0 atom stereocenters. The number of amides is 1. The van der Waals surface area contributed by atoms with E-state index in [-0.39, 0.29) is 5.91 Å². The summed E-state index contributed by atoms with van der Waals surface area (Å²) in [4.78, 5) is 11.9. The van der Waals surface area contributed by atoms with E-state index < -0.39 is 0 Å². The zero-order chi connectivity index (χ0) is 13.7. The first-order chi connectivity index (χ1) is 9.20. The summed E-state index contributed by atoms with van der Waals surface area (Å²) in [5, 5.41) is 11.0. The number of anilines is 1. The first-order valence-electron chi connectivity index (χ1n) is 6.29. The van der Waals surface area contributed by atoms with Crippen LogP contribution in [0.3, 0.4) is 0 Å². The van der Waals surface area contributed by atoms with E-state index in [1.54, 1.807) is 17.1 Å². The summed E-state index contributed by atoms with van der Waals surface area (Å²) in [6, 6.07) is 1.87. The van der Waals surface area contributed by atoms with Crippen molar-refractivity contribution >= 4 is 11.6 Å². The molecule has 0 saturated carbocycles. The van der Waals surface area contributed by atoms with E-state index in [0.717, 1.165) is 13.0 Å². The molecular formula is C12H18N6O. The molecule has 7 heteroatoms. The summed E-state index contributed by atoms with van der Waals surface area (Å²) >= 11 is 0. The van der Waals surface area contributed by atoms with Crippen LogP contribution >= 0.6 is 0 Å². The van der Waals surface area contributed by atoms with Gasteiger partial charge in [0.1, 0.15) is 0 Å². The van der Waals surface area contributed by atoms with Gasteiger partial charge in [-0.25, -0.2) is 0 Å². The highest BCUT2D eigenvalue weighted by Gasteiger charge is 2.13. The number of hydrogen-bond acceptors (Lipinski definition) is 4. The van der Waals surface area contributed by atoms with Crippen LogP contribution in [0, 0.1) is 0 Å². The fraction of sp³-hybridized carbons (Fsp3) is 0.417. The monoisotopic (exact) mass is 262 g/mol. The molecule has 0 aliphatic heterocycles. The zero-order valence-electron chi connectivity index (χ0n) is 10.9. The Morgan fingerprint density at radius 3 is 2.95 bits per heavy atom. The van der Waals surface area contributed by atoms with Crippen LogP contribution in [0.4, 0.5) is 5.69 Å². The Balaban J connectivity index is 1.79. The number of rotatable bonds is 6. The second-order valence-corrected chi connectivity index (χ2v) is 4.17. The van der Waals surface area contributed by atoms with Gasteiger partial charge >= 0.3 is 0 Å². The largest absolute Gasteiger partial charge is 0.396 e. The molecule has 19 heavy (non-hydrogen) atoms. The van der Waals surface area contributed by atoms with Crippen LogP contribution < -0.4 is 11.1 Å². The number of aryl methyl sites for hydroxylation is 2. The number of carbonyl (C=O) groups excluding carboxylic acids is 1. The summed E-state index contributed by atoms with van der Waals surface area (Å²) in [5.41, 5.74) is 6.44. The molecule has 1 amide bonds. The Hall–Kier alpha value is -2.31. The Morgan fingerprint density at radius 2 is 2.32 bits per heavy atom. The van der Waals surface area contributed by atoms with Crippen LogP contribution in [0.25, 0.3) is 0 Å². The predicted molar refractivity (Wildman–Crippen MR) is 71.5 cm³/mol. The predicted octanol–water partition coefficient (Wildman–Crippen LogP) is 0.502. The molecule has 3 N–H and O–H groups in total. The molecule has 102 valence electrons. The molecular weight excluding hydrogens is 244 g/mol. The molecule has 7 nitrogen and oxygen atoms in total. The average molecular weight is 262 g/mol. The molecule has 0 aliphatic rings. The van der Waals surface area contributed by atoms with E-state index in [9.17, 15) is 4.79 Å². The summed E-state index contributed by atoms with van der Waals surface area (Å²) in [5.74, 6) is -0.231. The lowest BCUT2D eigenvalue weighted by Gasteiger charge is -2.04. The Morgan fingerprint density at radius 1 is 1.47 bits per heavy atom. The number of nitrogens with zero attached hydrogens (tertiary/aromatic N) is 4. The minimum absolute atomic E-state index is 0.231. The third kappa shape index (κ3) is 3.34. The van der Waals surface area contributed by atoms with E-state index in [4.69, 9.17) is 5.73 Å². The average Bonchev–Trinajstić information content (AvgIpc) is 3.03. The van der Waals surface area contributed by atoms with Crippen molar-refractivity contribution in [2.24, 2.45) is 0 Å². The van der Waals surface area contributed by atoms with Gasteiger partial charge in [0.15, 0.2) is 5.69 Å². The maximum absolute atomic E-state index is 11.9. The van der Waals surface area contributed by atoms with Gasteiger partial charge in [0, 0.05) is 38.2 Å². The molecule has 2 rings (SSSR count). The fourth-order valence-corrected chi connectivity index (χ4v) is 1.73. The molecule has 0 aliphatic carbocycles. The topological polar surface area (TPSA) is 90.8 Å². The molecule has 2 heterocycles. The van der Waals surface area contributed by atoms with Crippen molar-refractivity contribution in [3.8, 4) is 0 Å². The van der Waals surface area contributed by atoms with Crippen LogP contribution in [0.5, 0.6) is 0 Å². The van der Waals surface area contributed by atoms with Gasteiger partial charge in [0.25, 0.3) is 5.91 Å². The molecule has 0 bridgehead atoms. The molecule has 0 radical (unpaired) electrons. The van der Waals surface area contributed by atoms with Crippen LogP contribution in [0.1, 0.15) is 23.8 Å². The highest BCUT2D eigenvalue weighted by atomic mass is 16.1. The first kappa shape index (κ1) is 13.1. The van der Waals surface area contributed by atoms with Gasteiger partial charge in [0.2, 0.25) is 0 Å². The molecule has 0 saturated heterocycles. The number of nitrogens with two attached hydrogens (primary N) is 1.